The Balaban J connectivity index is 2.08. The monoisotopic (exact) mass is 309 g/mol. The minimum Gasteiger partial charge on any atom is -0.399 e. The predicted octanol–water partition coefficient (Wildman–Crippen LogP) is 3.31. The van der Waals surface area contributed by atoms with Gasteiger partial charge in [0.1, 0.15) is 0 Å². The van der Waals surface area contributed by atoms with Crippen molar-refractivity contribution in [2.75, 3.05) is 10.6 Å². The highest BCUT2D eigenvalue weighted by Crippen LogP contribution is 2.16. The smallest absolute Gasteiger partial charge is 0.332 e. The number of hydrogen-bond acceptors (Lipinski definition) is 3. The van der Waals surface area contributed by atoms with Gasteiger partial charge in [-0.15, -0.1) is 0 Å². The molecule has 5 nitrogen and oxygen atoms in total. The number of anilines is 2. The molecule has 0 saturated heterocycles. The van der Waals surface area contributed by atoms with Gasteiger partial charge in [0.2, 0.25) is 5.91 Å². The standard InChI is InChI=1S/C18H19N3O2/c1-13-3-5-15(6-4-13)11-12-20-18(23)21(14(2)22)17-9-7-16(19)8-10-17/h3-12H,19H2,1-2H3,(H,20,23)/b12-11+. The first-order valence-electron chi connectivity index (χ1n) is 7.17. The molecular weight excluding hydrogens is 290 g/mol. The van der Waals surface area contributed by atoms with Gasteiger partial charge in [-0.25, -0.2) is 9.69 Å². The summed E-state index contributed by atoms with van der Waals surface area (Å²) >= 11 is 0. The van der Waals surface area contributed by atoms with Crippen LogP contribution in [0.2, 0.25) is 0 Å². The van der Waals surface area contributed by atoms with Gasteiger partial charge in [0.15, 0.2) is 0 Å². The fourth-order valence-corrected chi connectivity index (χ4v) is 2.02. The fraction of sp³-hybridized carbons (Fsp3) is 0.111. The first kappa shape index (κ1) is 16.3. The number of carbonyl (C=O) groups is 2. The maximum Gasteiger partial charge on any atom is 0.332 e. The second-order valence-electron chi connectivity index (χ2n) is 5.14. The first-order valence-corrected chi connectivity index (χ1v) is 7.17. The number of aryl methyl sites for hydroxylation is 1. The summed E-state index contributed by atoms with van der Waals surface area (Å²) in [4.78, 5) is 25.0. The largest absolute Gasteiger partial charge is 0.399 e. The van der Waals surface area contributed by atoms with Gasteiger partial charge < -0.3 is 11.1 Å². The lowest BCUT2D eigenvalue weighted by atomic mass is 10.1. The zero-order valence-electron chi connectivity index (χ0n) is 13.1. The van der Waals surface area contributed by atoms with Crippen LogP contribution in [0.4, 0.5) is 16.2 Å². The van der Waals surface area contributed by atoms with Crippen LogP contribution < -0.4 is 16.0 Å². The third kappa shape index (κ3) is 4.44. The average Bonchev–Trinajstić information content (AvgIpc) is 2.51. The molecule has 0 saturated carbocycles. The van der Waals surface area contributed by atoms with Crippen molar-refractivity contribution in [1.29, 1.82) is 0 Å². The van der Waals surface area contributed by atoms with Crippen LogP contribution in [-0.4, -0.2) is 11.9 Å². The maximum atomic E-state index is 12.2. The van der Waals surface area contributed by atoms with Crippen molar-refractivity contribution in [3.63, 3.8) is 0 Å². The molecule has 3 amide bonds. The molecule has 2 aromatic rings. The van der Waals surface area contributed by atoms with E-state index in [0.717, 1.165) is 16.0 Å². The summed E-state index contributed by atoms with van der Waals surface area (Å²) in [6.07, 6.45) is 3.28. The molecular formula is C18H19N3O2. The molecule has 0 aliphatic rings. The summed E-state index contributed by atoms with van der Waals surface area (Å²) in [5, 5.41) is 2.59. The van der Waals surface area contributed by atoms with E-state index in [1.165, 1.54) is 13.1 Å². The molecule has 0 fully saturated rings. The van der Waals surface area contributed by atoms with E-state index in [4.69, 9.17) is 5.73 Å². The number of nitrogens with zero attached hydrogens (tertiary/aromatic N) is 1. The lowest BCUT2D eigenvalue weighted by molar-refractivity contribution is -0.115. The highest BCUT2D eigenvalue weighted by Gasteiger charge is 2.18. The Labute approximate surface area is 135 Å². The van der Waals surface area contributed by atoms with Gasteiger partial charge in [-0.1, -0.05) is 29.8 Å². The molecule has 0 heterocycles. The Morgan fingerprint density at radius 3 is 2.22 bits per heavy atom. The second-order valence-corrected chi connectivity index (χ2v) is 5.14. The molecule has 0 aliphatic carbocycles. The van der Waals surface area contributed by atoms with Crippen LogP contribution in [0.15, 0.2) is 54.7 Å². The number of urea groups is 1. The summed E-state index contributed by atoms with van der Waals surface area (Å²) < 4.78 is 0. The minimum atomic E-state index is -0.523. The number of nitrogens with two attached hydrogens (primary N) is 1. The molecule has 0 radical (unpaired) electrons. The fourth-order valence-electron chi connectivity index (χ4n) is 2.02. The molecule has 0 unspecified atom stereocenters. The van der Waals surface area contributed by atoms with Crippen LogP contribution in [0.25, 0.3) is 6.08 Å². The molecule has 2 rings (SSSR count). The van der Waals surface area contributed by atoms with Crippen LogP contribution in [0.1, 0.15) is 18.1 Å². The Hall–Kier alpha value is -3.08. The zero-order chi connectivity index (χ0) is 16.8. The van der Waals surface area contributed by atoms with E-state index in [1.54, 1.807) is 30.3 Å². The topological polar surface area (TPSA) is 75.4 Å². The quantitative estimate of drug-likeness (QED) is 0.854. The van der Waals surface area contributed by atoms with E-state index in [9.17, 15) is 9.59 Å². The lowest BCUT2D eigenvalue weighted by Crippen LogP contribution is -2.40. The Bertz CT molecular complexity index is 719. The van der Waals surface area contributed by atoms with Crippen molar-refractivity contribution in [3.8, 4) is 0 Å². The molecule has 5 heteroatoms. The normalized spacial score (nSPS) is 10.5. The Kier molecular flexibility index (Phi) is 5.15. The number of amides is 3. The summed E-state index contributed by atoms with van der Waals surface area (Å²) in [5.41, 5.74) is 8.77. The molecule has 0 bridgehead atoms. The molecule has 2 aromatic carbocycles. The average molecular weight is 309 g/mol. The van der Waals surface area contributed by atoms with Crippen LogP contribution in [-0.2, 0) is 4.79 Å². The van der Waals surface area contributed by atoms with Crippen molar-refractivity contribution in [2.24, 2.45) is 0 Å². The maximum absolute atomic E-state index is 12.2. The number of nitrogen functional groups attached to an aromatic ring is 1. The molecule has 118 valence electrons. The molecule has 23 heavy (non-hydrogen) atoms. The number of rotatable bonds is 3. The van der Waals surface area contributed by atoms with Crippen molar-refractivity contribution in [1.82, 2.24) is 5.32 Å². The van der Waals surface area contributed by atoms with Crippen molar-refractivity contribution < 1.29 is 9.59 Å². The SMILES string of the molecule is CC(=O)N(C(=O)N/C=C/c1ccc(C)cc1)c1ccc(N)cc1. The van der Waals surface area contributed by atoms with E-state index in [2.05, 4.69) is 5.32 Å². The van der Waals surface area contributed by atoms with Gasteiger partial charge >= 0.3 is 6.03 Å². The van der Waals surface area contributed by atoms with Gasteiger partial charge in [0.05, 0.1) is 5.69 Å². The van der Waals surface area contributed by atoms with Crippen LogP contribution in [0.3, 0.4) is 0 Å². The summed E-state index contributed by atoms with van der Waals surface area (Å²) in [5.74, 6) is -0.379. The van der Waals surface area contributed by atoms with Crippen LogP contribution in [0.5, 0.6) is 0 Å². The van der Waals surface area contributed by atoms with Gasteiger partial charge in [-0.3, -0.25) is 4.79 Å². The number of nitrogens with one attached hydrogen (secondary N) is 1. The minimum absolute atomic E-state index is 0.379. The Morgan fingerprint density at radius 2 is 1.65 bits per heavy atom. The molecule has 0 aliphatic heterocycles. The summed E-state index contributed by atoms with van der Waals surface area (Å²) in [7, 11) is 0. The zero-order valence-corrected chi connectivity index (χ0v) is 13.1. The first-order chi connectivity index (χ1) is 11.0. The highest BCUT2D eigenvalue weighted by atomic mass is 16.2. The van der Waals surface area contributed by atoms with E-state index in [1.807, 2.05) is 31.2 Å². The van der Waals surface area contributed by atoms with Gasteiger partial charge in [-0.2, -0.15) is 0 Å². The number of benzene rings is 2. The number of carbonyl (C=O) groups excluding carboxylic acids is 2. The van der Waals surface area contributed by atoms with E-state index < -0.39 is 6.03 Å². The van der Waals surface area contributed by atoms with E-state index in [-0.39, 0.29) is 5.91 Å². The van der Waals surface area contributed by atoms with Crippen molar-refractivity contribution >= 4 is 29.4 Å². The van der Waals surface area contributed by atoms with E-state index in [0.29, 0.717) is 11.4 Å². The highest BCUT2D eigenvalue weighted by molar-refractivity contribution is 6.13. The van der Waals surface area contributed by atoms with Crippen LogP contribution >= 0.6 is 0 Å². The third-order valence-corrected chi connectivity index (χ3v) is 3.23. The molecule has 3 N–H and O–H groups in total. The van der Waals surface area contributed by atoms with Crippen molar-refractivity contribution in [2.45, 2.75) is 13.8 Å². The van der Waals surface area contributed by atoms with Gasteiger partial charge in [0.25, 0.3) is 0 Å². The summed E-state index contributed by atoms with van der Waals surface area (Å²) in [6.45, 7) is 3.34. The van der Waals surface area contributed by atoms with Gasteiger partial charge in [-0.05, 0) is 42.8 Å². The van der Waals surface area contributed by atoms with Crippen LogP contribution in [0, 0.1) is 6.92 Å². The molecule has 0 aromatic heterocycles. The third-order valence-electron chi connectivity index (χ3n) is 3.23. The number of imide groups is 1. The van der Waals surface area contributed by atoms with Crippen molar-refractivity contribution in [3.05, 3.63) is 65.9 Å². The second kappa shape index (κ2) is 7.26. The van der Waals surface area contributed by atoms with E-state index >= 15 is 0 Å². The molecule has 0 spiro atoms. The summed E-state index contributed by atoms with van der Waals surface area (Å²) in [6, 6.07) is 13.9. The van der Waals surface area contributed by atoms with Gasteiger partial charge in [0, 0.05) is 18.8 Å². The lowest BCUT2D eigenvalue weighted by Gasteiger charge is -2.18. The Morgan fingerprint density at radius 1 is 1.04 bits per heavy atom. The predicted molar refractivity (Wildman–Crippen MR) is 92.8 cm³/mol. The molecule has 0 atom stereocenters. The number of hydrogen-bond donors (Lipinski definition) is 2.